The number of anilines is 1. The number of hydrogen-bond donors (Lipinski definition) is 2. The Labute approximate surface area is 257 Å². The van der Waals surface area contributed by atoms with Gasteiger partial charge in [-0.2, -0.15) is 0 Å². The standard InChI is InChI=1S/C32H34BrN3O7/c1-18(17-37)36-28-30(40)35(22-12-11-20-8-5-6-9-21(20)14-22)13-7-3-4-10-24(38)34-16-19(2)42-31(41)25-26(29(36)39)32(28)15-23(33)27(25)43-32/h3,5-9,11-12,14-15,18-19,25-28,37H,4,10,13,16-17H2,1-2H3,(H,34,38)/b7-3-/t18-,19-,25+,26-,27+,28+,32-/m1/s1. The summed E-state index contributed by atoms with van der Waals surface area (Å²) < 4.78 is 12.8. The Bertz CT molecular complexity index is 1540. The molecule has 226 valence electrons. The van der Waals surface area contributed by atoms with Crippen molar-refractivity contribution in [3.05, 3.63) is 65.2 Å². The van der Waals surface area contributed by atoms with Crippen molar-refractivity contribution >= 4 is 56.1 Å². The van der Waals surface area contributed by atoms with Gasteiger partial charge in [0.2, 0.25) is 11.8 Å². The van der Waals surface area contributed by atoms with Crippen LogP contribution in [0.4, 0.5) is 5.69 Å². The summed E-state index contributed by atoms with van der Waals surface area (Å²) >= 11 is 3.54. The molecule has 10 nitrogen and oxygen atoms in total. The molecule has 4 aliphatic rings. The predicted molar refractivity (Wildman–Crippen MR) is 162 cm³/mol. The van der Waals surface area contributed by atoms with Gasteiger partial charge in [0.15, 0.2) is 0 Å². The Balaban J connectivity index is 1.49. The third-order valence-corrected chi connectivity index (χ3v) is 9.50. The lowest BCUT2D eigenvalue weighted by molar-refractivity contribution is -0.159. The zero-order chi connectivity index (χ0) is 30.5. The van der Waals surface area contributed by atoms with Gasteiger partial charge < -0.3 is 29.7 Å². The second kappa shape index (κ2) is 11.5. The van der Waals surface area contributed by atoms with E-state index in [4.69, 9.17) is 9.47 Å². The number of fused-ring (bicyclic) bond motifs is 3. The van der Waals surface area contributed by atoms with Gasteiger partial charge in [0.25, 0.3) is 5.91 Å². The van der Waals surface area contributed by atoms with Crippen LogP contribution < -0.4 is 10.2 Å². The molecule has 2 fully saturated rings. The van der Waals surface area contributed by atoms with Crippen molar-refractivity contribution < 1.29 is 33.8 Å². The van der Waals surface area contributed by atoms with E-state index in [0.717, 1.165) is 10.8 Å². The lowest BCUT2D eigenvalue weighted by atomic mass is 9.74. The highest BCUT2D eigenvalue weighted by Gasteiger charge is 2.75. The molecule has 0 aromatic heterocycles. The number of esters is 1. The lowest BCUT2D eigenvalue weighted by Gasteiger charge is -2.37. The molecule has 0 unspecified atom stereocenters. The van der Waals surface area contributed by atoms with Gasteiger partial charge in [-0.3, -0.25) is 19.2 Å². The largest absolute Gasteiger partial charge is 0.460 e. The summed E-state index contributed by atoms with van der Waals surface area (Å²) in [5.74, 6) is -3.72. The Kier molecular flexibility index (Phi) is 7.91. The number of rotatable bonds is 3. The minimum absolute atomic E-state index is 0.123. The summed E-state index contributed by atoms with van der Waals surface area (Å²) in [5, 5.41) is 14.9. The fourth-order valence-corrected chi connectivity index (χ4v) is 7.50. The van der Waals surface area contributed by atoms with Gasteiger partial charge in [-0.05, 0) is 49.2 Å². The molecule has 3 amide bonds. The van der Waals surface area contributed by atoms with E-state index >= 15 is 0 Å². The number of aliphatic hydroxyl groups excluding tert-OH is 1. The van der Waals surface area contributed by atoms with Crippen LogP contribution in [0.2, 0.25) is 0 Å². The summed E-state index contributed by atoms with van der Waals surface area (Å²) in [6, 6.07) is 11.7. The summed E-state index contributed by atoms with van der Waals surface area (Å²) in [5.41, 5.74) is -0.831. The van der Waals surface area contributed by atoms with Crippen LogP contribution in [0.3, 0.4) is 0 Å². The number of benzene rings is 2. The first-order valence-corrected chi connectivity index (χ1v) is 15.4. The first kappa shape index (κ1) is 29.5. The minimum atomic E-state index is -1.45. The number of cyclic esters (lactones) is 1. The molecule has 0 radical (unpaired) electrons. The highest BCUT2D eigenvalue weighted by Crippen LogP contribution is 2.59. The predicted octanol–water partition coefficient (Wildman–Crippen LogP) is 2.82. The summed E-state index contributed by atoms with van der Waals surface area (Å²) in [6.45, 7) is 3.26. The topological polar surface area (TPSA) is 125 Å². The van der Waals surface area contributed by atoms with Gasteiger partial charge in [0, 0.05) is 23.1 Å². The molecule has 5 bridgehead atoms. The number of nitrogens with zero attached hydrogens (tertiary/aromatic N) is 2. The molecule has 11 heteroatoms. The highest BCUT2D eigenvalue weighted by atomic mass is 79.9. The van der Waals surface area contributed by atoms with E-state index in [1.54, 1.807) is 24.8 Å². The molecule has 43 heavy (non-hydrogen) atoms. The van der Waals surface area contributed by atoms with Crippen molar-refractivity contribution in [3.63, 3.8) is 0 Å². The van der Waals surface area contributed by atoms with E-state index in [1.807, 2.05) is 54.6 Å². The number of ether oxygens (including phenoxy) is 2. The average Bonchev–Trinajstić information content (AvgIpc) is 3.59. The fraction of sp³-hybridized carbons (Fsp3) is 0.438. The van der Waals surface area contributed by atoms with E-state index in [2.05, 4.69) is 21.2 Å². The van der Waals surface area contributed by atoms with Crippen LogP contribution in [-0.2, 0) is 28.7 Å². The number of carbonyl (C=O) groups excluding carboxylic acids is 4. The number of hydrogen-bond acceptors (Lipinski definition) is 7. The van der Waals surface area contributed by atoms with Crippen molar-refractivity contribution in [2.24, 2.45) is 11.8 Å². The summed E-state index contributed by atoms with van der Waals surface area (Å²) in [7, 11) is 0. The second-order valence-electron chi connectivity index (χ2n) is 11.6. The molecule has 2 N–H and O–H groups in total. The molecule has 2 aromatic rings. The van der Waals surface area contributed by atoms with Crippen molar-refractivity contribution in [2.45, 2.75) is 56.6 Å². The molecule has 2 saturated heterocycles. The third-order valence-electron chi connectivity index (χ3n) is 8.82. The molecule has 4 heterocycles. The van der Waals surface area contributed by atoms with E-state index in [9.17, 15) is 24.3 Å². The van der Waals surface area contributed by atoms with Crippen LogP contribution in [0.5, 0.6) is 0 Å². The Morgan fingerprint density at radius 3 is 2.63 bits per heavy atom. The molecular weight excluding hydrogens is 618 g/mol. The number of nitrogens with one attached hydrogen (secondary N) is 1. The number of allylic oxidation sites excluding steroid dienone is 1. The van der Waals surface area contributed by atoms with Crippen molar-refractivity contribution in [2.75, 3.05) is 24.6 Å². The number of likely N-dealkylation sites (tertiary alicyclic amines) is 1. The van der Waals surface area contributed by atoms with Crippen molar-refractivity contribution in [1.82, 2.24) is 10.2 Å². The summed E-state index contributed by atoms with van der Waals surface area (Å²) in [4.78, 5) is 58.1. The first-order valence-electron chi connectivity index (χ1n) is 14.6. The second-order valence-corrected chi connectivity index (χ2v) is 12.6. The highest BCUT2D eigenvalue weighted by molar-refractivity contribution is 9.11. The molecule has 2 aromatic carbocycles. The quantitative estimate of drug-likeness (QED) is 0.386. The third kappa shape index (κ3) is 4.97. The van der Waals surface area contributed by atoms with Gasteiger partial charge >= 0.3 is 5.97 Å². The fourth-order valence-electron chi connectivity index (χ4n) is 6.76. The van der Waals surface area contributed by atoms with E-state index in [1.165, 1.54) is 4.90 Å². The van der Waals surface area contributed by atoms with Gasteiger partial charge in [0.05, 0.1) is 25.1 Å². The molecule has 6 rings (SSSR count). The Morgan fingerprint density at radius 2 is 1.86 bits per heavy atom. The minimum Gasteiger partial charge on any atom is -0.460 e. The van der Waals surface area contributed by atoms with Gasteiger partial charge in [-0.15, -0.1) is 0 Å². The number of amides is 3. The van der Waals surface area contributed by atoms with E-state index in [-0.39, 0.29) is 32.0 Å². The van der Waals surface area contributed by atoms with Gasteiger partial charge in [-0.1, -0.05) is 58.4 Å². The average molecular weight is 653 g/mol. The first-order chi connectivity index (χ1) is 20.7. The van der Waals surface area contributed by atoms with Crippen molar-refractivity contribution in [1.29, 1.82) is 0 Å². The zero-order valence-corrected chi connectivity index (χ0v) is 25.5. The molecule has 0 aliphatic carbocycles. The van der Waals surface area contributed by atoms with Gasteiger partial charge in [0.1, 0.15) is 29.8 Å². The smallest absolute Gasteiger partial charge is 0.313 e. The molecule has 7 atom stereocenters. The van der Waals surface area contributed by atoms with Crippen LogP contribution in [0.1, 0.15) is 26.7 Å². The maximum absolute atomic E-state index is 14.8. The SMILES string of the molecule is C[C@@H]1CNC(=O)CC/C=C\CN(c2ccc3ccccc3c2)C(=O)[C@@H]2N([C@H](C)CO)C(=O)[C@H]3[C@H](C(=O)O1)[C@H]1O[C@@]23C=C1Br. The van der Waals surface area contributed by atoms with Crippen LogP contribution in [0, 0.1) is 11.8 Å². The molecule has 0 saturated carbocycles. The zero-order valence-electron chi connectivity index (χ0n) is 23.9. The summed E-state index contributed by atoms with van der Waals surface area (Å²) in [6.07, 6.45) is 4.65. The number of halogens is 1. The lowest BCUT2D eigenvalue weighted by Crippen LogP contribution is -2.58. The maximum atomic E-state index is 14.8. The maximum Gasteiger partial charge on any atom is 0.313 e. The van der Waals surface area contributed by atoms with Crippen LogP contribution >= 0.6 is 15.9 Å². The van der Waals surface area contributed by atoms with E-state index in [0.29, 0.717) is 16.6 Å². The molecule has 1 spiro atoms. The monoisotopic (exact) mass is 651 g/mol. The molecule has 4 aliphatic heterocycles. The van der Waals surface area contributed by atoms with Crippen LogP contribution in [-0.4, -0.2) is 83.3 Å². The number of carbonyl (C=O) groups is 4. The van der Waals surface area contributed by atoms with Crippen molar-refractivity contribution in [3.8, 4) is 0 Å². The van der Waals surface area contributed by atoms with Gasteiger partial charge in [-0.25, -0.2) is 0 Å². The van der Waals surface area contributed by atoms with Crippen LogP contribution in [0.15, 0.2) is 65.2 Å². The normalized spacial score (nSPS) is 32.8. The van der Waals surface area contributed by atoms with Crippen LogP contribution in [0.25, 0.3) is 10.8 Å². The Hall–Kier alpha value is -3.54. The van der Waals surface area contributed by atoms with E-state index < -0.39 is 59.5 Å². The molecular formula is C32H34BrN3O7. The number of aliphatic hydroxyl groups is 1. The Morgan fingerprint density at radius 1 is 1.09 bits per heavy atom.